The summed E-state index contributed by atoms with van der Waals surface area (Å²) in [4.78, 5) is 11.6. The maximum atomic E-state index is 11.6. The number of amides is 1. The van der Waals surface area contributed by atoms with Gasteiger partial charge in [-0.1, -0.05) is 13.3 Å². The van der Waals surface area contributed by atoms with Crippen LogP contribution in [0.15, 0.2) is 0 Å². The van der Waals surface area contributed by atoms with Gasteiger partial charge in [-0.2, -0.15) is 0 Å². The van der Waals surface area contributed by atoms with E-state index in [1.807, 2.05) is 20.8 Å². The smallest absolute Gasteiger partial charge is 0.407 e. The Morgan fingerprint density at radius 1 is 1.44 bits per heavy atom. The molecule has 18 heavy (non-hydrogen) atoms. The van der Waals surface area contributed by atoms with E-state index in [-0.39, 0.29) is 6.09 Å². The second-order valence-corrected chi connectivity index (χ2v) is 6.32. The Kier molecular flexibility index (Phi) is 5.93. The molecule has 1 amide bonds. The van der Waals surface area contributed by atoms with Crippen LogP contribution in [0.3, 0.4) is 0 Å². The van der Waals surface area contributed by atoms with E-state index in [0.29, 0.717) is 18.4 Å². The molecule has 2 atom stereocenters. The SMILES string of the molecule is CC(CNC(=O)OC(C)(C)C)C1CCCCNC1. The number of carbonyl (C=O) groups excluding carboxylic acids is 1. The van der Waals surface area contributed by atoms with E-state index in [1.54, 1.807) is 0 Å². The predicted molar refractivity (Wildman–Crippen MR) is 73.6 cm³/mol. The van der Waals surface area contributed by atoms with Crippen LogP contribution in [-0.4, -0.2) is 31.3 Å². The lowest BCUT2D eigenvalue weighted by atomic mass is 9.90. The summed E-state index contributed by atoms with van der Waals surface area (Å²) in [5, 5.41) is 6.33. The summed E-state index contributed by atoms with van der Waals surface area (Å²) in [7, 11) is 0. The van der Waals surface area contributed by atoms with E-state index >= 15 is 0 Å². The Morgan fingerprint density at radius 3 is 2.83 bits per heavy atom. The molecule has 0 aromatic rings. The first-order chi connectivity index (χ1) is 8.38. The molecule has 0 radical (unpaired) electrons. The zero-order valence-electron chi connectivity index (χ0n) is 12.2. The number of alkyl carbamates (subject to hydrolysis) is 1. The summed E-state index contributed by atoms with van der Waals surface area (Å²) in [5.41, 5.74) is -0.419. The molecule has 106 valence electrons. The molecule has 1 rings (SSSR count). The third kappa shape index (κ3) is 6.24. The lowest BCUT2D eigenvalue weighted by Crippen LogP contribution is -2.37. The van der Waals surface area contributed by atoms with Gasteiger partial charge < -0.3 is 15.4 Å². The Balaban J connectivity index is 2.27. The lowest BCUT2D eigenvalue weighted by molar-refractivity contribution is 0.0514. The normalized spacial score (nSPS) is 23.0. The first-order valence-corrected chi connectivity index (χ1v) is 7.06. The van der Waals surface area contributed by atoms with Gasteiger partial charge in [0.25, 0.3) is 0 Å². The molecule has 2 N–H and O–H groups in total. The number of rotatable bonds is 3. The van der Waals surface area contributed by atoms with Gasteiger partial charge in [-0.15, -0.1) is 0 Å². The monoisotopic (exact) mass is 256 g/mol. The van der Waals surface area contributed by atoms with E-state index in [4.69, 9.17) is 4.74 Å². The van der Waals surface area contributed by atoms with Gasteiger partial charge in [0.2, 0.25) is 0 Å². The molecule has 0 aromatic carbocycles. The average Bonchev–Trinajstić information content (AvgIpc) is 2.52. The quantitative estimate of drug-likeness (QED) is 0.816. The summed E-state index contributed by atoms with van der Waals surface area (Å²) in [6, 6.07) is 0. The summed E-state index contributed by atoms with van der Waals surface area (Å²) >= 11 is 0. The van der Waals surface area contributed by atoms with Crippen molar-refractivity contribution in [2.75, 3.05) is 19.6 Å². The van der Waals surface area contributed by atoms with Crippen molar-refractivity contribution in [3.05, 3.63) is 0 Å². The molecule has 4 nitrogen and oxygen atoms in total. The van der Waals surface area contributed by atoms with Crippen LogP contribution < -0.4 is 10.6 Å². The van der Waals surface area contributed by atoms with Gasteiger partial charge in [-0.05, 0) is 58.5 Å². The fraction of sp³-hybridized carbons (Fsp3) is 0.929. The van der Waals surface area contributed by atoms with Gasteiger partial charge in [0, 0.05) is 6.54 Å². The standard InChI is InChI=1S/C14H28N2O2/c1-11(12-7-5-6-8-15-10-12)9-16-13(17)18-14(2,3)4/h11-12,15H,5-10H2,1-4H3,(H,16,17). The molecule has 1 heterocycles. The molecule has 0 bridgehead atoms. The first-order valence-electron chi connectivity index (χ1n) is 7.06. The molecular formula is C14H28N2O2. The summed E-state index contributed by atoms with van der Waals surface area (Å²) in [5.74, 6) is 1.14. The van der Waals surface area contributed by atoms with E-state index < -0.39 is 5.60 Å². The highest BCUT2D eigenvalue weighted by atomic mass is 16.6. The lowest BCUT2D eigenvalue weighted by Gasteiger charge is -2.24. The van der Waals surface area contributed by atoms with E-state index in [2.05, 4.69) is 17.6 Å². The summed E-state index contributed by atoms with van der Waals surface area (Å²) in [6.07, 6.45) is 3.50. The van der Waals surface area contributed by atoms with Crippen LogP contribution in [0.1, 0.15) is 47.0 Å². The molecule has 1 aliphatic rings. The van der Waals surface area contributed by atoms with Crippen LogP contribution in [-0.2, 0) is 4.74 Å². The van der Waals surface area contributed by atoms with Crippen molar-refractivity contribution >= 4 is 6.09 Å². The van der Waals surface area contributed by atoms with E-state index in [1.165, 1.54) is 19.3 Å². The summed E-state index contributed by atoms with van der Waals surface area (Å²) in [6.45, 7) is 10.7. The van der Waals surface area contributed by atoms with Crippen LogP contribution in [0, 0.1) is 11.8 Å². The molecular weight excluding hydrogens is 228 g/mol. The number of hydrogen-bond acceptors (Lipinski definition) is 3. The topological polar surface area (TPSA) is 50.4 Å². The number of carbonyl (C=O) groups is 1. The third-order valence-corrected chi connectivity index (χ3v) is 3.36. The molecule has 1 fully saturated rings. The third-order valence-electron chi connectivity index (χ3n) is 3.36. The number of nitrogens with one attached hydrogen (secondary N) is 2. The zero-order chi connectivity index (χ0) is 13.6. The van der Waals surface area contributed by atoms with Gasteiger partial charge in [0.15, 0.2) is 0 Å². The average molecular weight is 256 g/mol. The van der Waals surface area contributed by atoms with Crippen molar-refractivity contribution in [3.63, 3.8) is 0 Å². The minimum atomic E-state index is -0.419. The molecule has 0 aliphatic carbocycles. The van der Waals surface area contributed by atoms with Crippen LogP contribution >= 0.6 is 0 Å². The summed E-state index contributed by atoms with van der Waals surface area (Å²) < 4.78 is 5.23. The van der Waals surface area contributed by atoms with Crippen molar-refractivity contribution in [2.24, 2.45) is 11.8 Å². The van der Waals surface area contributed by atoms with Crippen molar-refractivity contribution in [1.29, 1.82) is 0 Å². The minimum absolute atomic E-state index is 0.309. The van der Waals surface area contributed by atoms with Gasteiger partial charge in [-0.3, -0.25) is 0 Å². The van der Waals surface area contributed by atoms with E-state index in [0.717, 1.165) is 13.1 Å². The second kappa shape index (κ2) is 6.98. The maximum absolute atomic E-state index is 11.6. The van der Waals surface area contributed by atoms with Crippen molar-refractivity contribution in [3.8, 4) is 0 Å². The highest BCUT2D eigenvalue weighted by Crippen LogP contribution is 2.19. The minimum Gasteiger partial charge on any atom is -0.444 e. The Morgan fingerprint density at radius 2 is 2.17 bits per heavy atom. The van der Waals surface area contributed by atoms with Crippen molar-refractivity contribution < 1.29 is 9.53 Å². The molecule has 0 saturated carbocycles. The molecule has 0 spiro atoms. The van der Waals surface area contributed by atoms with Crippen LogP contribution in [0.2, 0.25) is 0 Å². The Labute approximate surface area is 111 Å². The van der Waals surface area contributed by atoms with Crippen LogP contribution in [0.25, 0.3) is 0 Å². The molecule has 1 aliphatic heterocycles. The van der Waals surface area contributed by atoms with Crippen molar-refractivity contribution in [1.82, 2.24) is 10.6 Å². The second-order valence-electron chi connectivity index (χ2n) is 6.32. The van der Waals surface area contributed by atoms with Gasteiger partial charge >= 0.3 is 6.09 Å². The van der Waals surface area contributed by atoms with Crippen molar-refractivity contribution in [2.45, 2.75) is 52.6 Å². The van der Waals surface area contributed by atoms with Gasteiger partial charge in [0.05, 0.1) is 0 Å². The zero-order valence-corrected chi connectivity index (χ0v) is 12.2. The predicted octanol–water partition coefficient (Wildman–Crippen LogP) is 2.54. The maximum Gasteiger partial charge on any atom is 0.407 e. The highest BCUT2D eigenvalue weighted by Gasteiger charge is 2.21. The molecule has 1 saturated heterocycles. The number of hydrogen-bond donors (Lipinski definition) is 2. The number of ether oxygens (including phenoxy) is 1. The van der Waals surface area contributed by atoms with Gasteiger partial charge in [0.1, 0.15) is 5.60 Å². The van der Waals surface area contributed by atoms with Crippen LogP contribution in [0.5, 0.6) is 0 Å². The fourth-order valence-corrected chi connectivity index (χ4v) is 2.26. The molecule has 2 unspecified atom stereocenters. The Bertz CT molecular complexity index is 253. The van der Waals surface area contributed by atoms with Gasteiger partial charge in [-0.25, -0.2) is 4.79 Å². The molecule has 0 aromatic heterocycles. The highest BCUT2D eigenvalue weighted by molar-refractivity contribution is 5.67. The largest absolute Gasteiger partial charge is 0.444 e. The Hall–Kier alpha value is -0.770. The fourth-order valence-electron chi connectivity index (χ4n) is 2.26. The van der Waals surface area contributed by atoms with Crippen LogP contribution in [0.4, 0.5) is 4.79 Å². The van der Waals surface area contributed by atoms with E-state index in [9.17, 15) is 4.79 Å². The molecule has 4 heteroatoms. The first kappa shape index (κ1) is 15.3.